The highest BCUT2D eigenvalue weighted by molar-refractivity contribution is 7.15. The molecule has 7 aromatic rings. The average molecular weight is 1030 g/mol. The Labute approximate surface area is 429 Å². The predicted molar refractivity (Wildman–Crippen MR) is 276 cm³/mol. The quantitative estimate of drug-likeness (QED) is 0.0950. The van der Waals surface area contributed by atoms with Gasteiger partial charge in [-0.25, -0.2) is 15.0 Å². The molecule has 1 unspecified atom stereocenters. The van der Waals surface area contributed by atoms with Gasteiger partial charge in [-0.05, 0) is 69.4 Å². The number of thiophene rings is 1. The molecule has 3 amide bonds. The molecular weight excluding hydrogens is 972 g/mol. The fraction of sp³-hybridized carbons (Fsp3) is 0.385. The Morgan fingerprint density at radius 3 is 2.35 bits per heavy atom. The summed E-state index contributed by atoms with van der Waals surface area (Å²) in [5.41, 5.74) is 9.79. The van der Waals surface area contributed by atoms with Gasteiger partial charge >= 0.3 is 0 Å². The second-order valence-corrected chi connectivity index (χ2v) is 21.7. The molecule has 7 heterocycles. The number of ether oxygens (including phenoxy) is 1. The van der Waals surface area contributed by atoms with Crippen molar-refractivity contribution in [1.82, 2.24) is 55.0 Å². The Morgan fingerprint density at radius 1 is 0.903 bits per heavy atom. The van der Waals surface area contributed by atoms with Gasteiger partial charge in [-0.15, -0.1) is 32.9 Å². The van der Waals surface area contributed by atoms with E-state index in [0.29, 0.717) is 40.8 Å². The Morgan fingerprint density at radius 2 is 1.65 bits per heavy atom. The standard InChI is InChI=1S/C52H55ClN12O5S2/c1-26(2)47(51(69)63-24-38(66)18-42(63)50(68)58-28(4)32-8-10-34(11-9-32)48-29(5)56-25-71-48)64-23-35(20-57-64)41-21-55-44(22-54-41)70-39-16-37(17-39)59-43(67)19-40-49-62-61-31(7)65(49)52-45(27(3)30(6)72-52)46(60-40)33-12-14-36(53)15-13-33/h8-15,20-23,25-26,28,37-40,42,47,66H,16-19,24H2,1-7H3,(H,58,68)(H,59,67)/t28-,37?,38+,39?,40-,42-,47?/m0/s1. The van der Waals surface area contributed by atoms with Crippen LogP contribution >= 0.6 is 34.3 Å². The summed E-state index contributed by atoms with van der Waals surface area (Å²) in [5.74, 6) is 0.725. The predicted octanol–water partition coefficient (Wildman–Crippen LogP) is 8.04. The number of halogens is 1. The summed E-state index contributed by atoms with van der Waals surface area (Å²) < 4.78 is 9.79. The first-order valence-corrected chi connectivity index (χ1v) is 26.2. The van der Waals surface area contributed by atoms with Crippen LogP contribution in [0.2, 0.25) is 5.02 Å². The molecule has 2 aromatic carbocycles. The lowest BCUT2D eigenvalue weighted by atomic mass is 9.89. The van der Waals surface area contributed by atoms with Crippen LogP contribution in [0, 0.1) is 33.6 Å². The molecule has 1 saturated carbocycles. The van der Waals surface area contributed by atoms with E-state index in [2.05, 4.69) is 54.7 Å². The van der Waals surface area contributed by atoms with Crippen molar-refractivity contribution in [3.8, 4) is 32.6 Å². The number of fused-ring (bicyclic) bond motifs is 3. The maximum absolute atomic E-state index is 14.3. The van der Waals surface area contributed by atoms with Crippen LogP contribution in [0.25, 0.3) is 26.7 Å². The molecule has 10 rings (SSSR count). The Hall–Kier alpha value is -6.67. The summed E-state index contributed by atoms with van der Waals surface area (Å²) in [4.78, 5) is 64.3. The number of aliphatic imine (C=N–C) groups is 1. The number of nitrogens with zero attached hydrogens (tertiary/aromatic N) is 10. The zero-order chi connectivity index (χ0) is 50.5. The minimum atomic E-state index is -0.848. The number of likely N-dealkylation sites (tertiary alicyclic amines) is 1. The zero-order valence-corrected chi connectivity index (χ0v) is 43.3. The Bertz CT molecular complexity index is 3180. The van der Waals surface area contributed by atoms with Crippen LogP contribution in [-0.2, 0) is 14.4 Å². The highest BCUT2D eigenvalue weighted by atomic mass is 35.5. The Balaban J connectivity index is 0.743. The van der Waals surface area contributed by atoms with Gasteiger partial charge in [0.1, 0.15) is 35.1 Å². The number of carbonyl (C=O) groups excluding carboxylic acids is 3. The minimum Gasteiger partial charge on any atom is -0.473 e. The Kier molecular flexibility index (Phi) is 13.7. The molecule has 0 bridgehead atoms. The molecule has 0 spiro atoms. The van der Waals surface area contributed by atoms with Gasteiger partial charge < -0.3 is 25.4 Å². The molecule has 1 saturated heterocycles. The summed E-state index contributed by atoms with van der Waals surface area (Å²) in [5, 5.41) is 32.1. The normalized spacial score (nSPS) is 20.2. The smallest absolute Gasteiger partial charge is 0.248 e. The number of hydrogen-bond acceptors (Lipinski definition) is 14. The molecule has 17 nitrogen and oxygen atoms in total. The number of nitrogens with one attached hydrogen (secondary N) is 2. The van der Waals surface area contributed by atoms with Crippen molar-refractivity contribution in [1.29, 1.82) is 0 Å². The number of hydrogen-bond donors (Lipinski definition) is 3. The van der Waals surface area contributed by atoms with Gasteiger partial charge in [0.15, 0.2) is 5.82 Å². The summed E-state index contributed by atoms with van der Waals surface area (Å²) in [6.45, 7) is 13.9. The minimum absolute atomic E-state index is 0.0374. The number of aliphatic hydroxyl groups excluding tert-OH is 1. The molecule has 20 heteroatoms. The van der Waals surface area contributed by atoms with Crippen molar-refractivity contribution in [3.05, 3.63) is 128 Å². The van der Waals surface area contributed by atoms with Crippen molar-refractivity contribution in [2.24, 2.45) is 10.9 Å². The maximum Gasteiger partial charge on any atom is 0.248 e. The first kappa shape index (κ1) is 48.9. The fourth-order valence-electron chi connectivity index (χ4n) is 9.77. The molecule has 2 aliphatic heterocycles. The number of β-amino-alcohol motifs (C(OH)–C–C–N with tert-alkyl or cyclic N) is 1. The van der Waals surface area contributed by atoms with Crippen molar-refractivity contribution < 1.29 is 24.2 Å². The number of carbonyl (C=O) groups is 3. The van der Waals surface area contributed by atoms with Crippen molar-refractivity contribution in [3.63, 3.8) is 0 Å². The molecule has 5 atom stereocenters. The molecule has 5 aromatic heterocycles. The summed E-state index contributed by atoms with van der Waals surface area (Å²) in [7, 11) is 0. The number of amides is 3. The number of aromatic nitrogens is 8. The number of benzene rings is 2. The van der Waals surface area contributed by atoms with Crippen LogP contribution in [-0.4, -0.2) is 104 Å². The molecule has 0 radical (unpaired) electrons. The lowest BCUT2D eigenvalue weighted by Gasteiger charge is -2.35. The number of rotatable bonds is 14. The summed E-state index contributed by atoms with van der Waals surface area (Å²) >= 11 is 9.52. The molecule has 372 valence electrons. The topological polar surface area (TPSA) is 208 Å². The van der Waals surface area contributed by atoms with Crippen LogP contribution in [0.5, 0.6) is 5.88 Å². The van der Waals surface area contributed by atoms with E-state index in [1.165, 1.54) is 9.78 Å². The van der Waals surface area contributed by atoms with Gasteiger partial charge in [0, 0.05) is 64.6 Å². The van der Waals surface area contributed by atoms with E-state index in [9.17, 15) is 19.5 Å². The molecular formula is C52H55ClN12O5S2. The van der Waals surface area contributed by atoms with E-state index in [4.69, 9.17) is 21.3 Å². The van der Waals surface area contributed by atoms with E-state index < -0.39 is 24.2 Å². The molecule has 1 aliphatic carbocycles. The lowest BCUT2D eigenvalue weighted by Crippen LogP contribution is -2.49. The third kappa shape index (κ3) is 9.69. The van der Waals surface area contributed by atoms with Crippen LogP contribution in [0.15, 0.2) is 83.8 Å². The summed E-state index contributed by atoms with van der Waals surface area (Å²) in [6, 6.07) is 13.0. The number of aryl methyl sites for hydroxylation is 3. The van der Waals surface area contributed by atoms with Crippen molar-refractivity contribution in [2.75, 3.05) is 6.54 Å². The average Bonchev–Trinajstić information content (AvgIpc) is 4.19. The van der Waals surface area contributed by atoms with Gasteiger partial charge in [0.2, 0.25) is 23.6 Å². The van der Waals surface area contributed by atoms with Gasteiger partial charge in [-0.2, -0.15) is 5.10 Å². The van der Waals surface area contributed by atoms with E-state index in [1.807, 2.05) is 93.2 Å². The maximum atomic E-state index is 14.3. The molecule has 3 N–H and O–H groups in total. The van der Waals surface area contributed by atoms with E-state index >= 15 is 0 Å². The highest BCUT2D eigenvalue weighted by Crippen LogP contribution is 2.40. The molecule has 2 fully saturated rings. The summed E-state index contributed by atoms with van der Waals surface area (Å²) in [6.07, 6.45) is 6.93. The molecule has 72 heavy (non-hydrogen) atoms. The van der Waals surface area contributed by atoms with Crippen molar-refractivity contribution in [2.45, 2.75) is 117 Å². The van der Waals surface area contributed by atoms with E-state index in [1.54, 1.807) is 52.1 Å². The zero-order valence-electron chi connectivity index (χ0n) is 40.9. The SMILES string of the molecule is Cc1ncsc1-c1ccc([C@H](C)NC(=O)[C@@H]2C[C@@H](O)CN2C(=O)C(C(C)C)n2cc(-c3cnc(OC4CC(NC(=O)C[C@@H]5N=C(c6ccc(Cl)cc6)c6c(sc(C)c6C)-n6c(C)nnc65)C4)cn3)cn2)cc1. The van der Waals surface area contributed by atoms with Crippen LogP contribution < -0.4 is 15.4 Å². The second-order valence-electron chi connectivity index (χ2n) is 19.2. The van der Waals surface area contributed by atoms with Crippen molar-refractivity contribution >= 4 is 57.7 Å². The van der Waals surface area contributed by atoms with Gasteiger partial charge in [-0.3, -0.25) is 28.6 Å². The van der Waals surface area contributed by atoms with Gasteiger partial charge in [0.05, 0.1) is 64.6 Å². The van der Waals surface area contributed by atoms with Crippen LogP contribution in [0.1, 0.15) is 109 Å². The lowest BCUT2D eigenvalue weighted by molar-refractivity contribution is -0.142. The third-order valence-electron chi connectivity index (χ3n) is 13.8. The second kappa shape index (κ2) is 20.1. The fourth-order valence-corrected chi connectivity index (χ4v) is 11.9. The number of thiazole rings is 1. The van der Waals surface area contributed by atoms with E-state index in [0.717, 1.165) is 54.9 Å². The van der Waals surface area contributed by atoms with Gasteiger partial charge in [0.25, 0.3) is 0 Å². The first-order valence-electron chi connectivity index (χ1n) is 24.1. The van der Waals surface area contributed by atoms with Crippen LogP contribution in [0.4, 0.5) is 0 Å². The highest BCUT2D eigenvalue weighted by Gasteiger charge is 2.43. The monoisotopic (exact) mass is 1030 g/mol. The first-order chi connectivity index (χ1) is 34.6. The largest absolute Gasteiger partial charge is 0.473 e. The van der Waals surface area contributed by atoms with Gasteiger partial charge in [-0.1, -0.05) is 61.8 Å². The third-order valence-corrected chi connectivity index (χ3v) is 16.2. The van der Waals surface area contributed by atoms with E-state index in [-0.39, 0.29) is 61.2 Å². The number of aliphatic hydroxyl groups is 1. The molecule has 3 aliphatic rings. The van der Waals surface area contributed by atoms with Crippen LogP contribution in [0.3, 0.4) is 0 Å².